The third kappa shape index (κ3) is 3.37. The molecule has 0 atom stereocenters. The highest BCUT2D eigenvalue weighted by Gasteiger charge is 2.13. The number of hydrogen-bond acceptors (Lipinski definition) is 5. The predicted molar refractivity (Wildman–Crippen MR) is 87.8 cm³/mol. The number of rotatable bonds is 6. The lowest BCUT2D eigenvalue weighted by molar-refractivity contribution is 0.102. The zero-order valence-electron chi connectivity index (χ0n) is 11.6. The van der Waals surface area contributed by atoms with Crippen LogP contribution >= 0.6 is 23.1 Å². The van der Waals surface area contributed by atoms with Crippen LogP contribution in [-0.2, 0) is 6.54 Å². The minimum absolute atomic E-state index is 0.0433. The highest BCUT2D eigenvalue weighted by molar-refractivity contribution is 7.99. The molecule has 0 fully saturated rings. The molecule has 2 heterocycles. The highest BCUT2D eigenvalue weighted by Crippen LogP contribution is 2.18. The molecule has 0 radical (unpaired) electrons. The van der Waals surface area contributed by atoms with Crippen molar-refractivity contribution in [3.8, 4) is 0 Å². The number of nitrogens with one attached hydrogen (secondary N) is 1. The van der Waals surface area contributed by atoms with Crippen molar-refractivity contribution in [3.63, 3.8) is 0 Å². The second-order valence-corrected chi connectivity index (χ2v) is 6.46. The van der Waals surface area contributed by atoms with Gasteiger partial charge in [0.1, 0.15) is 0 Å². The number of H-pyrrole nitrogens is 1. The predicted octanol–water partition coefficient (Wildman–Crippen LogP) is 2.66. The van der Waals surface area contributed by atoms with E-state index in [0.29, 0.717) is 11.7 Å². The fourth-order valence-corrected chi connectivity index (χ4v) is 3.54. The van der Waals surface area contributed by atoms with Gasteiger partial charge in [-0.2, -0.15) is 0 Å². The molecule has 7 heteroatoms. The van der Waals surface area contributed by atoms with Crippen LogP contribution in [0.2, 0.25) is 0 Å². The van der Waals surface area contributed by atoms with Gasteiger partial charge in [0.25, 0.3) is 0 Å². The second kappa shape index (κ2) is 6.76. The van der Waals surface area contributed by atoms with Crippen LogP contribution in [0.4, 0.5) is 0 Å². The zero-order chi connectivity index (χ0) is 15.4. The number of ketones is 1. The van der Waals surface area contributed by atoms with Gasteiger partial charge >= 0.3 is 5.69 Å². The summed E-state index contributed by atoms with van der Waals surface area (Å²) in [7, 11) is 0. The largest absolute Gasteiger partial charge is 0.344 e. The van der Waals surface area contributed by atoms with Gasteiger partial charge in [-0.05, 0) is 17.0 Å². The summed E-state index contributed by atoms with van der Waals surface area (Å²) in [4.78, 5) is 24.6. The standard InChI is InChI=1S/C15H13N3O2S2/c19-12(13-7-4-8-21-13)10-22-15-17-16-14(20)18(15)9-11-5-2-1-3-6-11/h1-8H,9-10H2,(H,16,20). The second-order valence-electron chi connectivity index (χ2n) is 4.57. The van der Waals surface area contributed by atoms with E-state index in [4.69, 9.17) is 0 Å². The minimum atomic E-state index is -0.269. The first-order valence-corrected chi connectivity index (χ1v) is 8.49. The van der Waals surface area contributed by atoms with E-state index in [1.807, 2.05) is 41.8 Å². The fourth-order valence-electron chi connectivity index (χ4n) is 1.96. The molecule has 3 rings (SSSR count). The van der Waals surface area contributed by atoms with Crippen molar-refractivity contribution in [1.29, 1.82) is 0 Å². The summed E-state index contributed by atoms with van der Waals surface area (Å²) in [5, 5.41) is 8.85. The van der Waals surface area contributed by atoms with Gasteiger partial charge in [-0.1, -0.05) is 48.2 Å². The van der Waals surface area contributed by atoms with E-state index in [-0.39, 0.29) is 17.2 Å². The van der Waals surface area contributed by atoms with Gasteiger partial charge in [0, 0.05) is 0 Å². The molecular formula is C15H13N3O2S2. The number of carbonyl (C=O) groups is 1. The Labute approximate surface area is 135 Å². The lowest BCUT2D eigenvalue weighted by Crippen LogP contribution is -2.18. The Morgan fingerprint density at radius 1 is 1.23 bits per heavy atom. The van der Waals surface area contributed by atoms with Crippen molar-refractivity contribution in [3.05, 3.63) is 68.8 Å². The SMILES string of the molecule is O=C(CSc1n[nH]c(=O)n1Cc1ccccc1)c1cccs1. The normalized spacial score (nSPS) is 10.7. The maximum Gasteiger partial charge on any atom is 0.344 e. The number of aromatic amines is 1. The van der Waals surface area contributed by atoms with E-state index in [1.54, 1.807) is 10.6 Å². The molecule has 3 aromatic rings. The molecule has 0 saturated heterocycles. The van der Waals surface area contributed by atoms with E-state index in [9.17, 15) is 9.59 Å². The molecule has 0 saturated carbocycles. The van der Waals surface area contributed by atoms with Gasteiger partial charge in [-0.25, -0.2) is 9.89 Å². The fraction of sp³-hybridized carbons (Fsp3) is 0.133. The highest BCUT2D eigenvalue weighted by atomic mass is 32.2. The molecule has 0 aliphatic heterocycles. The smallest absolute Gasteiger partial charge is 0.292 e. The maximum absolute atomic E-state index is 12.0. The van der Waals surface area contributed by atoms with E-state index in [0.717, 1.165) is 10.4 Å². The Morgan fingerprint density at radius 3 is 2.77 bits per heavy atom. The van der Waals surface area contributed by atoms with Gasteiger partial charge < -0.3 is 0 Å². The quantitative estimate of drug-likeness (QED) is 0.557. The molecule has 0 aliphatic carbocycles. The number of carbonyl (C=O) groups excluding carboxylic acids is 1. The van der Waals surface area contributed by atoms with Crippen molar-refractivity contribution < 1.29 is 4.79 Å². The van der Waals surface area contributed by atoms with E-state index in [2.05, 4.69) is 10.2 Å². The van der Waals surface area contributed by atoms with Crippen molar-refractivity contribution in [2.75, 3.05) is 5.75 Å². The Hall–Kier alpha value is -2.12. The van der Waals surface area contributed by atoms with Crippen LogP contribution in [0.5, 0.6) is 0 Å². The van der Waals surface area contributed by atoms with Crippen molar-refractivity contribution in [2.45, 2.75) is 11.7 Å². The van der Waals surface area contributed by atoms with Crippen LogP contribution in [0.15, 0.2) is 57.8 Å². The number of nitrogens with zero attached hydrogens (tertiary/aromatic N) is 2. The average molecular weight is 331 g/mol. The summed E-state index contributed by atoms with van der Waals surface area (Å²) in [6, 6.07) is 13.3. The van der Waals surface area contributed by atoms with Crippen LogP contribution < -0.4 is 5.69 Å². The third-order valence-corrected chi connectivity index (χ3v) is 4.92. The van der Waals surface area contributed by atoms with Gasteiger partial charge in [0.05, 0.1) is 17.2 Å². The topological polar surface area (TPSA) is 67.8 Å². The number of thiophene rings is 1. The van der Waals surface area contributed by atoms with Crippen LogP contribution in [0.3, 0.4) is 0 Å². The summed E-state index contributed by atoms with van der Waals surface area (Å²) < 4.78 is 1.54. The first kappa shape index (κ1) is 14.8. The Morgan fingerprint density at radius 2 is 2.05 bits per heavy atom. The van der Waals surface area contributed by atoms with Crippen LogP contribution in [-0.4, -0.2) is 26.3 Å². The van der Waals surface area contributed by atoms with Gasteiger partial charge in [0.2, 0.25) is 0 Å². The van der Waals surface area contributed by atoms with Crippen LogP contribution in [0, 0.1) is 0 Å². The summed E-state index contributed by atoms with van der Waals surface area (Å²) >= 11 is 2.69. The molecule has 0 spiro atoms. The van der Waals surface area contributed by atoms with E-state index in [1.165, 1.54) is 23.1 Å². The number of hydrogen-bond donors (Lipinski definition) is 1. The van der Waals surface area contributed by atoms with Gasteiger partial charge in [0.15, 0.2) is 10.9 Å². The monoisotopic (exact) mass is 331 g/mol. The van der Waals surface area contributed by atoms with Gasteiger partial charge in [-0.15, -0.1) is 16.4 Å². The molecule has 0 unspecified atom stereocenters. The number of thioether (sulfide) groups is 1. The molecule has 22 heavy (non-hydrogen) atoms. The van der Waals surface area contributed by atoms with Crippen molar-refractivity contribution in [2.24, 2.45) is 0 Å². The van der Waals surface area contributed by atoms with Crippen LogP contribution in [0.25, 0.3) is 0 Å². The van der Waals surface area contributed by atoms with Crippen LogP contribution in [0.1, 0.15) is 15.2 Å². The molecule has 1 aromatic carbocycles. The molecule has 5 nitrogen and oxygen atoms in total. The van der Waals surface area contributed by atoms with E-state index < -0.39 is 0 Å². The summed E-state index contributed by atoms with van der Waals surface area (Å²) in [6.07, 6.45) is 0. The molecule has 0 amide bonds. The summed E-state index contributed by atoms with van der Waals surface area (Å²) in [5.74, 6) is 0.307. The lowest BCUT2D eigenvalue weighted by Gasteiger charge is -2.05. The Bertz CT molecular complexity index is 807. The first-order valence-electron chi connectivity index (χ1n) is 6.62. The molecule has 0 aliphatic rings. The molecule has 112 valence electrons. The Kier molecular flexibility index (Phi) is 4.55. The number of Topliss-reactive ketones (excluding diaryl/α,β-unsaturated/α-hetero) is 1. The Balaban J connectivity index is 1.72. The summed E-state index contributed by atoms with van der Waals surface area (Å²) in [6.45, 7) is 0.436. The zero-order valence-corrected chi connectivity index (χ0v) is 13.2. The number of benzene rings is 1. The lowest BCUT2D eigenvalue weighted by atomic mass is 10.2. The summed E-state index contributed by atoms with van der Waals surface area (Å²) in [5.41, 5.74) is 0.743. The van der Waals surface area contributed by atoms with Gasteiger partial charge in [-0.3, -0.25) is 9.36 Å². The van der Waals surface area contributed by atoms with E-state index >= 15 is 0 Å². The molecular weight excluding hydrogens is 318 g/mol. The molecule has 0 bridgehead atoms. The maximum atomic E-state index is 12.0. The number of aromatic nitrogens is 3. The van der Waals surface area contributed by atoms with Crippen molar-refractivity contribution in [1.82, 2.24) is 14.8 Å². The minimum Gasteiger partial charge on any atom is -0.292 e. The first-order chi connectivity index (χ1) is 10.7. The third-order valence-electron chi connectivity index (χ3n) is 3.04. The van der Waals surface area contributed by atoms with Crippen molar-refractivity contribution >= 4 is 28.9 Å². The molecule has 2 aromatic heterocycles. The molecule has 1 N–H and O–H groups in total. The average Bonchev–Trinajstić information content (AvgIpc) is 3.18.